The standard InChI is InChI=1S/C17H22N4OS/c1-13-5-3-4-6-15(13)19-16(22)14(2)20-8-10-21(11-9-20)17-18-7-12-23-17/h3-7,12,14H,8-11H2,1-2H3,(H,19,22)/t14-/m1/s1. The van der Waals surface area contributed by atoms with Crippen LogP contribution >= 0.6 is 11.3 Å². The minimum Gasteiger partial charge on any atom is -0.346 e. The molecule has 0 unspecified atom stereocenters. The largest absolute Gasteiger partial charge is 0.346 e. The molecule has 0 saturated carbocycles. The van der Waals surface area contributed by atoms with Gasteiger partial charge in [-0.15, -0.1) is 11.3 Å². The van der Waals surface area contributed by atoms with Crippen LogP contribution in [-0.2, 0) is 4.79 Å². The van der Waals surface area contributed by atoms with Crippen molar-refractivity contribution < 1.29 is 4.79 Å². The Morgan fingerprint density at radius 1 is 1.26 bits per heavy atom. The topological polar surface area (TPSA) is 48.5 Å². The molecule has 0 bridgehead atoms. The van der Waals surface area contributed by atoms with Crippen LogP contribution in [0.5, 0.6) is 0 Å². The number of carbonyl (C=O) groups excluding carboxylic acids is 1. The van der Waals surface area contributed by atoms with Crippen molar-refractivity contribution in [3.05, 3.63) is 41.4 Å². The van der Waals surface area contributed by atoms with E-state index in [0.29, 0.717) is 0 Å². The van der Waals surface area contributed by atoms with Gasteiger partial charge in [0.2, 0.25) is 5.91 Å². The fourth-order valence-corrected chi connectivity index (χ4v) is 3.49. The molecule has 1 amide bonds. The molecule has 2 aromatic rings. The van der Waals surface area contributed by atoms with E-state index in [1.54, 1.807) is 11.3 Å². The molecule has 0 radical (unpaired) electrons. The minimum atomic E-state index is -0.131. The van der Waals surface area contributed by atoms with E-state index in [-0.39, 0.29) is 11.9 Å². The fourth-order valence-electron chi connectivity index (χ4n) is 2.79. The molecule has 122 valence electrons. The van der Waals surface area contributed by atoms with Crippen molar-refractivity contribution in [3.63, 3.8) is 0 Å². The Balaban J connectivity index is 1.55. The third-order valence-corrected chi connectivity index (χ3v) is 5.17. The molecule has 1 N–H and O–H groups in total. The highest BCUT2D eigenvalue weighted by atomic mass is 32.1. The van der Waals surface area contributed by atoms with E-state index < -0.39 is 0 Å². The average Bonchev–Trinajstić information content (AvgIpc) is 3.11. The van der Waals surface area contributed by atoms with Gasteiger partial charge >= 0.3 is 0 Å². The third kappa shape index (κ3) is 3.71. The quantitative estimate of drug-likeness (QED) is 0.936. The highest BCUT2D eigenvalue weighted by Crippen LogP contribution is 2.20. The van der Waals surface area contributed by atoms with Gasteiger partial charge in [-0.2, -0.15) is 0 Å². The maximum atomic E-state index is 12.5. The van der Waals surface area contributed by atoms with E-state index in [1.807, 2.05) is 49.7 Å². The summed E-state index contributed by atoms with van der Waals surface area (Å²) in [6.45, 7) is 7.56. The van der Waals surface area contributed by atoms with Crippen LogP contribution in [0.3, 0.4) is 0 Å². The van der Waals surface area contributed by atoms with Crippen LogP contribution in [0.4, 0.5) is 10.8 Å². The first-order chi connectivity index (χ1) is 11.1. The van der Waals surface area contributed by atoms with Gasteiger partial charge in [-0.1, -0.05) is 18.2 Å². The first kappa shape index (κ1) is 16.0. The SMILES string of the molecule is Cc1ccccc1NC(=O)[C@@H](C)N1CCN(c2nccs2)CC1. The number of para-hydroxylation sites is 1. The van der Waals surface area contributed by atoms with Crippen molar-refractivity contribution in [2.24, 2.45) is 0 Å². The summed E-state index contributed by atoms with van der Waals surface area (Å²) in [6.07, 6.45) is 1.84. The van der Waals surface area contributed by atoms with Crippen LogP contribution in [0.2, 0.25) is 0 Å². The third-order valence-electron chi connectivity index (χ3n) is 4.33. The van der Waals surface area contributed by atoms with Crippen molar-refractivity contribution in [1.29, 1.82) is 0 Å². The Hall–Kier alpha value is -1.92. The van der Waals surface area contributed by atoms with Crippen molar-refractivity contribution >= 4 is 28.1 Å². The number of rotatable bonds is 4. The lowest BCUT2D eigenvalue weighted by atomic mass is 10.1. The predicted octanol–water partition coefficient (Wildman–Crippen LogP) is 2.60. The van der Waals surface area contributed by atoms with Gasteiger partial charge in [0.05, 0.1) is 6.04 Å². The highest BCUT2D eigenvalue weighted by molar-refractivity contribution is 7.13. The number of benzene rings is 1. The molecule has 1 aromatic heterocycles. The van der Waals surface area contributed by atoms with Crippen molar-refractivity contribution in [1.82, 2.24) is 9.88 Å². The first-order valence-corrected chi connectivity index (χ1v) is 8.78. The lowest BCUT2D eigenvalue weighted by Crippen LogP contribution is -2.52. The average molecular weight is 330 g/mol. The van der Waals surface area contributed by atoms with Gasteiger partial charge in [0, 0.05) is 43.4 Å². The van der Waals surface area contributed by atoms with Gasteiger partial charge < -0.3 is 10.2 Å². The van der Waals surface area contributed by atoms with Crippen LogP contribution in [0.25, 0.3) is 0 Å². The zero-order valence-electron chi connectivity index (χ0n) is 13.5. The van der Waals surface area contributed by atoms with Crippen LogP contribution in [0.15, 0.2) is 35.8 Å². The zero-order valence-corrected chi connectivity index (χ0v) is 14.3. The Kier molecular flexibility index (Phi) is 4.93. The van der Waals surface area contributed by atoms with Crippen LogP contribution < -0.4 is 10.2 Å². The predicted molar refractivity (Wildman–Crippen MR) is 95.2 cm³/mol. The minimum absolute atomic E-state index is 0.0574. The molecule has 0 aliphatic carbocycles. The van der Waals surface area contributed by atoms with E-state index in [4.69, 9.17) is 0 Å². The maximum absolute atomic E-state index is 12.5. The zero-order chi connectivity index (χ0) is 16.2. The van der Waals surface area contributed by atoms with E-state index in [0.717, 1.165) is 42.6 Å². The molecule has 3 rings (SSSR count). The molecule has 2 heterocycles. The molecule has 1 saturated heterocycles. The number of nitrogens with zero attached hydrogens (tertiary/aromatic N) is 3. The first-order valence-electron chi connectivity index (χ1n) is 7.90. The van der Waals surface area contributed by atoms with Gasteiger partial charge in [0.1, 0.15) is 0 Å². The summed E-state index contributed by atoms with van der Waals surface area (Å²) in [5.41, 5.74) is 1.98. The van der Waals surface area contributed by atoms with Gasteiger partial charge in [-0.25, -0.2) is 4.98 Å². The van der Waals surface area contributed by atoms with Crippen molar-refractivity contribution in [3.8, 4) is 0 Å². The summed E-state index contributed by atoms with van der Waals surface area (Å²) in [4.78, 5) is 21.4. The number of amides is 1. The maximum Gasteiger partial charge on any atom is 0.241 e. The summed E-state index contributed by atoms with van der Waals surface area (Å²) in [7, 11) is 0. The lowest BCUT2D eigenvalue weighted by molar-refractivity contribution is -0.120. The number of hydrogen-bond donors (Lipinski definition) is 1. The van der Waals surface area contributed by atoms with Gasteiger partial charge in [-0.3, -0.25) is 9.69 Å². The molecule has 1 atom stereocenters. The Labute approximate surface area is 140 Å². The number of anilines is 2. The number of nitrogens with one attached hydrogen (secondary N) is 1. The number of hydrogen-bond acceptors (Lipinski definition) is 5. The summed E-state index contributed by atoms with van der Waals surface area (Å²) in [6, 6.07) is 7.74. The Morgan fingerprint density at radius 3 is 2.65 bits per heavy atom. The van der Waals surface area contributed by atoms with Crippen LogP contribution in [0.1, 0.15) is 12.5 Å². The molecular weight excluding hydrogens is 308 g/mol. The second-order valence-electron chi connectivity index (χ2n) is 5.82. The Bertz CT molecular complexity index is 650. The summed E-state index contributed by atoms with van der Waals surface area (Å²) >= 11 is 1.67. The molecule has 1 fully saturated rings. The second-order valence-corrected chi connectivity index (χ2v) is 6.69. The summed E-state index contributed by atoms with van der Waals surface area (Å²) in [5, 5.41) is 6.11. The number of aromatic nitrogens is 1. The summed E-state index contributed by atoms with van der Waals surface area (Å²) in [5.74, 6) is 0.0574. The number of aryl methyl sites for hydroxylation is 1. The molecular formula is C17H22N4OS. The van der Waals surface area contributed by atoms with E-state index in [9.17, 15) is 4.79 Å². The van der Waals surface area contributed by atoms with Crippen molar-refractivity contribution in [2.75, 3.05) is 36.4 Å². The molecule has 0 spiro atoms. The second kappa shape index (κ2) is 7.10. The monoisotopic (exact) mass is 330 g/mol. The van der Waals surface area contributed by atoms with Gasteiger partial charge in [-0.05, 0) is 25.5 Å². The van der Waals surface area contributed by atoms with Crippen LogP contribution in [0, 0.1) is 6.92 Å². The molecule has 1 aliphatic heterocycles. The molecule has 5 nitrogen and oxygen atoms in total. The number of thiazole rings is 1. The number of carbonyl (C=O) groups is 1. The van der Waals surface area contributed by atoms with Gasteiger partial charge in [0.15, 0.2) is 5.13 Å². The van der Waals surface area contributed by atoms with E-state index in [1.165, 1.54) is 0 Å². The highest BCUT2D eigenvalue weighted by Gasteiger charge is 2.26. The number of piperazine rings is 1. The van der Waals surface area contributed by atoms with Crippen molar-refractivity contribution in [2.45, 2.75) is 19.9 Å². The van der Waals surface area contributed by atoms with Crippen LogP contribution in [-0.4, -0.2) is 48.0 Å². The fraction of sp³-hybridized carbons (Fsp3) is 0.412. The molecule has 6 heteroatoms. The molecule has 1 aromatic carbocycles. The normalized spacial score (nSPS) is 17.0. The Morgan fingerprint density at radius 2 is 2.00 bits per heavy atom. The lowest BCUT2D eigenvalue weighted by Gasteiger charge is -2.37. The summed E-state index contributed by atoms with van der Waals surface area (Å²) < 4.78 is 0. The van der Waals surface area contributed by atoms with Gasteiger partial charge in [0.25, 0.3) is 0 Å². The van der Waals surface area contributed by atoms with E-state index in [2.05, 4.69) is 20.1 Å². The molecule has 1 aliphatic rings. The smallest absolute Gasteiger partial charge is 0.241 e. The van der Waals surface area contributed by atoms with E-state index >= 15 is 0 Å². The molecule has 23 heavy (non-hydrogen) atoms.